The van der Waals surface area contributed by atoms with Crippen molar-refractivity contribution in [1.29, 1.82) is 0 Å². The lowest BCUT2D eigenvalue weighted by Gasteiger charge is -2.35. The molecule has 5 rings (SSSR count). The fraction of sp³-hybridized carbons (Fsp3) is 0.435. The van der Waals surface area contributed by atoms with E-state index in [-0.39, 0.29) is 18.0 Å². The molecule has 0 spiro atoms. The van der Waals surface area contributed by atoms with Gasteiger partial charge in [0.2, 0.25) is 5.91 Å². The van der Waals surface area contributed by atoms with Gasteiger partial charge in [0.25, 0.3) is 0 Å². The van der Waals surface area contributed by atoms with Crippen LogP contribution in [0.2, 0.25) is 0 Å². The molecule has 3 aliphatic rings. The van der Waals surface area contributed by atoms with E-state index in [1.165, 1.54) is 11.8 Å². The Morgan fingerprint density at radius 2 is 2.16 bits per heavy atom. The van der Waals surface area contributed by atoms with Crippen LogP contribution in [0.5, 0.6) is 5.75 Å². The Morgan fingerprint density at radius 1 is 1.31 bits per heavy atom. The average Bonchev–Trinajstić information content (AvgIpc) is 3.14. The van der Waals surface area contributed by atoms with Gasteiger partial charge in [-0.3, -0.25) is 9.69 Å². The molecule has 1 aromatic heterocycles. The van der Waals surface area contributed by atoms with Gasteiger partial charge in [-0.15, -0.1) is 0 Å². The summed E-state index contributed by atoms with van der Waals surface area (Å²) in [7, 11) is 3.70. The van der Waals surface area contributed by atoms with Gasteiger partial charge in [-0.25, -0.2) is 9.78 Å². The fourth-order valence-electron chi connectivity index (χ4n) is 4.84. The Labute approximate surface area is 191 Å². The van der Waals surface area contributed by atoms with E-state index in [9.17, 15) is 9.59 Å². The summed E-state index contributed by atoms with van der Waals surface area (Å²) in [5.41, 5.74) is 3.38. The van der Waals surface area contributed by atoms with Crippen molar-refractivity contribution in [3.05, 3.63) is 41.6 Å². The van der Waals surface area contributed by atoms with E-state index >= 15 is 0 Å². The Hall–Kier alpha value is -2.78. The van der Waals surface area contributed by atoms with E-state index in [2.05, 4.69) is 27.6 Å². The third kappa shape index (κ3) is 3.59. The second-order valence-corrected chi connectivity index (χ2v) is 9.74. The van der Waals surface area contributed by atoms with Crippen LogP contribution in [0, 0.1) is 6.92 Å². The SMILES string of the molecule is COc1ccc(N2C(=O)NC3c4c2ccnc4S[C@H]3C(=O)NC2CCCN(C)C2)c(C)c1. The van der Waals surface area contributed by atoms with Crippen LogP contribution in [-0.2, 0) is 4.79 Å². The van der Waals surface area contributed by atoms with E-state index in [0.717, 1.165) is 59.2 Å². The van der Waals surface area contributed by atoms with E-state index in [1.54, 1.807) is 18.2 Å². The summed E-state index contributed by atoms with van der Waals surface area (Å²) in [6.07, 6.45) is 3.76. The number of nitrogens with zero attached hydrogens (tertiary/aromatic N) is 3. The smallest absolute Gasteiger partial charge is 0.327 e. The van der Waals surface area contributed by atoms with Gasteiger partial charge in [0, 0.05) is 24.3 Å². The minimum absolute atomic E-state index is 0.0429. The van der Waals surface area contributed by atoms with Gasteiger partial charge in [0.05, 0.1) is 24.5 Å². The van der Waals surface area contributed by atoms with Crippen LogP contribution in [0.4, 0.5) is 16.2 Å². The first kappa shape index (κ1) is 21.1. The first-order valence-corrected chi connectivity index (χ1v) is 11.7. The molecule has 2 unspecified atom stereocenters. The van der Waals surface area contributed by atoms with Crippen molar-refractivity contribution in [2.24, 2.45) is 0 Å². The molecule has 0 aliphatic carbocycles. The molecule has 1 fully saturated rings. The molecule has 4 heterocycles. The molecule has 168 valence electrons. The maximum absolute atomic E-state index is 13.3. The summed E-state index contributed by atoms with van der Waals surface area (Å²) < 4.78 is 5.31. The van der Waals surface area contributed by atoms with Crippen LogP contribution >= 0.6 is 11.8 Å². The Bertz CT molecular complexity index is 1080. The average molecular weight is 454 g/mol. The molecule has 3 atom stereocenters. The molecule has 3 aliphatic heterocycles. The van der Waals surface area contributed by atoms with Crippen LogP contribution in [0.3, 0.4) is 0 Å². The number of carbonyl (C=O) groups is 2. The van der Waals surface area contributed by atoms with E-state index < -0.39 is 11.3 Å². The molecule has 0 saturated carbocycles. The number of benzene rings is 1. The lowest BCUT2D eigenvalue weighted by molar-refractivity contribution is -0.122. The maximum Gasteiger partial charge on any atom is 0.327 e. The van der Waals surface area contributed by atoms with Crippen molar-refractivity contribution in [2.45, 2.75) is 42.1 Å². The zero-order chi connectivity index (χ0) is 22.4. The third-order valence-corrected chi connectivity index (χ3v) is 7.67. The zero-order valence-corrected chi connectivity index (χ0v) is 19.2. The van der Waals surface area contributed by atoms with Gasteiger partial charge in [0.15, 0.2) is 0 Å². The monoisotopic (exact) mass is 453 g/mol. The number of amides is 3. The molecule has 8 nitrogen and oxygen atoms in total. The van der Waals surface area contributed by atoms with Gasteiger partial charge in [-0.1, -0.05) is 11.8 Å². The molecule has 9 heteroatoms. The van der Waals surface area contributed by atoms with Crippen molar-refractivity contribution in [3.8, 4) is 5.75 Å². The number of urea groups is 1. The normalized spacial score (nSPS) is 24.7. The third-order valence-electron chi connectivity index (χ3n) is 6.38. The van der Waals surface area contributed by atoms with Crippen molar-refractivity contribution >= 4 is 35.1 Å². The van der Waals surface area contributed by atoms with E-state index in [4.69, 9.17) is 4.74 Å². The largest absolute Gasteiger partial charge is 0.497 e. The number of methoxy groups -OCH3 is 1. The van der Waals surface area contributed by atoms with Crippen LogP contribution in [-0.4, -0.2) is 60.4 Å². The summed E-state index contributed by atoms with van der Waals surface area (Å²) in [5.74, 6) is 0.695. The molecule has 1 saturated heterocycles. The number of carbonyl (C=O) groups excluding carboxylic acids is 2. The predicted octanol–water partition coefficient (Wildman–Crippen LogP) is 2.99. The summed E-state index contributed by atoms with van der Waals surface area (Å²) in [5, 5.41) is 6.64. The summed E-state index contributed by atoms with van der Waals surface area (Å²) in [4.78, 5) is 34.9. The van der Waals surface area contributed by atoms with E-state index in [1.807, 2.05) is 31.2 Å². The summed E-state index contributed by atoms with van der Waals surface area (Å²) in [6.45, 7) is 3.86. The Balaban J connectivity index is 1.44. The fourth-order valence-corrected chi connectivity index (χ4v) is 6.07. The summed E-state index contributed by atoms with van der Waals surface area (Å²) >= 11 is 1.43. The van der Waals surface area contributed by atoms with Gasteiger partial charge in [-0.2, -0.15) is 0 Å². The Morgan fingerprint density at radius 3 is 2.91 bits per heavy atom. The van der Waals surface area contributed by atoms with Gasteiger partial charge in [-0.05, 0) is 63.2 Å². The number of hydrogen-bond acceptors (Lipinski definition) is 6. The molecule has 0 bridgehead atoms. The molecule has 3 amide bonds. The minimum atomic E-state index is -0.436. The van der Waals surface area contributed by atoms with Gasteiger partial charge in [0.1, 0.15) is 16.0 Å². The Kier molecular flexibility index (Phi) is 5.46. The standard InChI is InChI=1S/C23H27N5O3S/c1-13-11-15(31-3)6-7-16(13)28-17-8-9-24-22-18(17)19(26-23(28)30)20(32-22)21(29)25-14-5-4-10-27(2)12-14/h6-9,11,14,19-20H,4-5,10,12H2,1-3H3,(H,25,29)(H,26,30)/t14?,19?,20-/m1/s1. The highest BCUT2D eigenvalue weighted by Crippen LogP contribution is 2.51. The molecule has 0 radical (unpaired) electrons. The number of nitrogens with one attached hydrogen (secondary N) is 2. The number of likely N-dealkylation sites (tertiary alicyclic amines) is 1. The van der Waals surface area contributed by atoms with Gasteiger partial charge < -0.3 is 20.3 Å². The highest BCUT2D eigenvalue weighted by Gasteiger charge is 2.47. The first-order valence-electron chi connectivity index (χ1n) is 10.9. The minimum Gasteiger partial charge on any atom is -0.497 e. The van der Waals surface area contributed by atoms with Crippen molar-refractivity contribution in [2.75, 3.05) is 32.1 Å². The molecular formula is C23H27N5O3S. The molecule has 1 aromatic carbocycles. The summed E-state index contributed by atoms with van der Waals surface area (Å²) in [6, 6.07) is 6.97. The highest BCUT2D eigenvalue weighted by molar-refractivity contribution is 8.01. The molecule has 2 N–H and O–H groups in total. The lowest BCUT2D eigenvalue weighted by Crippen LogP contribution is -2.52. The number of hydrogen-bond donors (Lipinski definition) is 2. The highest BCUT2D eigenvalue weighted by atomic mass is 32.2. The number of aromatic nitrogens is 1. The number of piperidine rings is 1. The van der Waals surface area contributed by atoms with Gasteiger partial charge >= 0.3 is 6.03 Å². The van der Waals surface area contributed by atoms with E-state index in [0.29, 0.717) is 0 Å². The molecule has 32 heavy (non-hydrogen) atoms. The number of likely N-dealkylation sites (N-methyl/N-ethyl adjacent to an activating group) is 1. The van der Waals surface area contributed by atoms with Crippen LogP contribution in [0.25, 0.3) is 0 Å². The van der Waals surface area contributed by atoms with Crippen molar-refractivity contribution in [1.82, 2.24) is 20.5 Å². The topological polar surface area (TPSA) is 86.8 Å². The molecule has 2 aromatic rings. The number of rotatable bonds is 4. The number of anilines is 2. The van der Waals surface area contributed by atoms with Crippen molar-refractivity contribution in [3.63, 3.8) is 0 Å². The maximum atomic E-state index is 13.3. The quantitative estimate of drug-likeness (QED) is 0.740. The molecular weight excluding hydrogens is 426 g/mol. The second-order valence-electron chi connectivity index (χ2n) is 8.61. The lowest BCUT2D eigenvalue weighted by atomic mass is 9.98. The van der Waals surface area contributed by atoms with Crippen molar-refractivity contribution < 1.29 is 14.3 Å². The van der Waals surface area contributed by atoms with Crippen LogP contribution < -0.4 is 20.3 Å². The zero-order valence-electron chi connectivity index (χ0n) is 18.4. The predicted molar refractivity (Wildman–Crippen MR) is 124 cm³/mol. The first-order chi connectivity index (χ1) is 15.5. The van der Waals surface area contributed by atoms with Crippen LogP contribution in [0.15, 0.2) is 35.5 Å². The second kappa shape index (κ2) is 8.29. The number of aryl methyl sites for hydroxylation is 1. The number of thioether (sulfide) groups is 1. The number of pyridine rings is 1. The number of ether oxygens (including phenoxy) is 1. The van der Waals surface area contributed by atoms with Crippen LogP contribution in [0.1, 0.15) is 30.0 Å².